The van der Waals surface area contributed by atoms with Gasteiger partial charge in [-0.15, -0.1) is 0 Å². The van der Waals surface area contributed by atoms with Crippen LogP contribution >= 0.6 is 0 Å². The van der Waals surface area contributed by atoms with Gasteiger partial charge in [-0.25, -0.2) is 0 Å². The number of hydrogen-bond acceptors (Lipinski definition) is 4. The van der Waals surface area contributed by atoms with Crippen molar-refractivity contribution < 1.29 is 9.84 Å². The molecule has 0 spiro atoms. The van der Waals surface area contributed by atoms with Gasteiger partial charge in [0.2, 0.25) is 0 Å². The van der Waals surface area contributed by atoms with Gasteiger partial charge in [-0.2, -0.15) is 5.26 Å². The van der Waals surface area contributed by atoms with E-state index in [1.165, 1.54) is 0 Å². The summed E-state index contributed by atoms with van der Waals surface area (Å²) in [6, 6.07) is 12.5. The van der Waals surface area contributed by atoms with Crippen LogP contribution in [0.1, 0.15) is 30.7 Å². The van der Waals surface area contributed by atoms with E-state index in [0.717, 1.165) is 0 Å². The van der Waals surface area contributed by atoms with Crippen LogP contribution in [0.2, 0.25) is 0 Å². The molecule has 0 aliphatic carbocycles. The van der Waals surface area contributed by atoms with E-state index in [1.807, 2.05) is 6.92 Å². The molecular weight excluding hydrogens is 240 g/mol. The fraction of sp³-hybridized carbons (Fsp3) is 0.200. The fourth-order valence-electron chi connectivity index (χ4n) is 1.63. The molecule has 96 valence electrons. The molecule has 0 aliphatic rings. The molecule has 1 aromatic heterocycles. The van der Waals surface area contributed by atoms with Crippen LogP contribution in [-0.4, -0.2) is 10.1 Å². The van der Waals surface area contributed by atoms with E-state index in [9.17, 15) is 5.11 Å². The van der Waals surface area contributed by atoms with Crippen molar-refractivity contribution in [1.82, 2.24) is 4.98 Å². The summed E-state index contributed by atoms with van der Waals surface area (Å²) in [6.45, 7) is 1.89. The summed E-state index contributed by atoms with van der Waals surface area (Å²) in [5.41, 5.74) is 1.09. The second-order valence-corrected chi connectivity index (χ2v) is 4.05. The number of benzene rings is 1. The van der Waals surface area contributed by atoms with Crippen LogP contribution in [0.25, 0.3) is 0 Å². The Morgan fingerprint density at radius 1 is 1.32 bits per heavy atom. The van der Waals surface area contributed by atoms with Crippen molar-refractivity contribution >= 4 is 0 Å². The van der Waals surface area contributed by atoms with Gasteiger partial charge in [0.25, 0.3) is 0 Å². The molecule has 1 heterocycles. The highest BCUT2D eigenvalue weighted by Crippen LogP contribution is 2.25. The highest BCUT2D eigenvalue weighted by Gasteiger charge is 2.07. The SMILES string of the molecule is CCC(O)c1ccc(Oc2ccccc2C#N)cn1. The maximum absolute atomic E-state index is 9.65. The number of hydrogen-bond donors (Lipinski definition) is 1. The molecule has 0 bridgehead atoms. The zero-order valence-corrected chi connectivity index (χ0v) is 10.6. The zero-order valence-electron chi connectivity index (χ0n) is 10.6. The van der Waals surface area contributed by atoms with E-state index in [2.05, 4.69) is 11.1 Å². The fourth-order valence-corrected chi connectivity index (χ4v) is 1.63. The Morgan fingerprint density at radius 3 is 2.74 bits per heavy atom. The second-order valence-electron chi connectivity index (χ2n) is 4.05. The summed E-state index contributed by atoms with van der Waals surface area (Å²) >= 11 is 0. The number of aromatic nitrogens is 1. The van der Waals surface area contributed by atoms with E-state index in [4.69, 9.17) is 10.00 Å². The molecule has 0 amide bonds. The molecular formula is C15H14N2O2. The number of nitriles is 1. The molecule has 2 rings (SSSR count). The summed E-state index contributed by atoms with van der Waals surface area (Å²) in [5.74, 6) is 1.03. The van der Waals surface area contributed by atoms with Gasteiger partial charge in [-0.3, -0.25) is 4.98 Å². The van der Waals surface area contributed by atoms with Crippen molar-refractivity contribution in [3.05, 3.63) is 53.9 Å². The Hall–Kier alpha value is -2.38. The van der Waals surface area contributed by atoms with Gasteiger partial charge in [0.1, 0.15) is 17.6 Å². The minimum absolute atomic E-state index is 0.472. The third-order valence-corrected chi connectivity index (χ3v) is 2.72. The van der Waals surface area contributed by atoms with Crippen LogP contribution in [0.3, 0.4) is 0 Å². The third-order valence-electron chi connectivity index (χ3n) is 2.72. The first-order chi connectivity index (χ1) is 9.24. The van der Waals surface area contributed by atoms with E-state index in [-0.39, 0.29) is 0 Å². The Kier molecular flexibility index (Phi) is 4.11. The van der Waals surface area contributed by atoms with Crippen LogP contribution in [0, 0.1) is 11.3 Å². The summed E-state index contributed by atoms with van der Waals surface area (Å²) < 4.78 is 5.60. The minimum Gasteiger partial charge on any atom is -0.454 e. The molecule has 0 radical (unpaired) electrons. The average molecular weight is 254 g/mol. The van der Waals surface area contributed by atoms with Crippen LogP contribution in [0.4, 0.5) is 0 Å². The third kappa shape index (κ3) is 3.09. The van der Waals surface area contributed by atoms with Gasteiger partial charge >= 0.3 is 0 Å². The smallest absolute Gasteiger partial charge is 0.145 e. The second kappa shape index (κ2) is 5.98. The minimum atomic E-state index is -0.555. The highest BCUT2D eigenvalue weighted by molar-refractivity contribution is 5.44. The predicted octanol–water partition coefficient (Wildman–Crippen LogP) is 3.19. The van der Waals surface area contributed by atoms with Gasteiger partial charge in [0.15, 0.2) is 0 Å². The molecule has 0 fully saturated rings. The van der Waals surface area contributed by atoms with Crippen molar-refractivity contribution in [2.45, 2.75) is 19.4 Å². The Bertz CT molecular complexity index is 588. The normalized spacial score (nSPS) is 11.6. The van der Waals surface area contributed by atoms with Crippen LogP contribution in [0.15, 0.2) is 42.6 Å². The van der Waals surface area contributed by atoms with Gasteiger partial charge in [-0.05, 0) is 30.7 Å². The number of aliphatic hydroxyl groups excluding tert-OH is 1. The van der Waals surface area contributed by atoms with Crippen LogP contribution in [0.5, 0.6) is 11.5 Å². The maximum Gasteiger partial charge on any atom is 0.145 e. The lowest BCUT2D eigenvalue weighted by molar-refractivity contribution is 0.169. The first-order valence-electron chi connectivity index (χ1n) is 6.05. The average Bonchev–Trinajstić information content (AvgIpc) is 2.48. The molecule has 4 heteroatoms. The van der Waals surface area contributed by atoms with Gasteiger partial charge in [-0.1, -0.05) is 19.1 Å². The molecule has 4 nitrogen and oxygen atoms in total. The van der Waals surface area contributed by atoms with Gasteiger partial charge < -0.3 is 9.84 Å². The number of rotatable bonds is 4. The van der Waals surface area contributed by atoms with E-state index in [1.54, 1.807) is 42.6 Å². The largest absolute Gasteiger partial charge is 0.454 e. The van der Waals surface area contributed by atoms with E-state index in [0.29, 0.717) is 29.2 Å². The number of nitrogens with zero attached hydrogens (tertiary/aromatic N) is 2. The Labute approximate surface area is 111 Å². The number of para-hydroxylation sites is 1. The topological polar surface area (TPSA) is 66.1 Å². The zero-order chi connectivity index (χ0) is 13.7. The van der Waals surface area contributed by atoms with Gasteiger partial charge in [0, 0.05) is 0 Å². The van der Waals surface area contributed by atoms with Gasteiger partial charge in [0.05, 0.1) is 23.6 Å². The summed E-state index contributed by atoms with van der Waals surface area (Å²) in [5, 5.41) is 18.6. The summed E-state index contributed by atoms with van der Waals surface area (Å²) in [7, 11) is 0. The molecule has 0 aliphatic heterocycles. The molecule has 1 unspecified atom stereocenters. The Morgan fingerprint density at radius 2 is 2.11 bits per heavy atom. The van der Waals surface area contributed by atoms with E-state index < -0.39 is 6.10 Å². The Balaban J connectivity index is 2.18. The lowest BCUT2D eigenvalue weighted by atomic mass is 10.2. The number of pyridine rings is 1. The molecule has 1 atom stereocenters. The van der Waals surface area contributed by atoms with Crippen LogP contribution in [-0.2, 0) is 0 Å². The molecule has 0 saturated carbocycles. The first kappa shape index (κ1) is 13.1. The number of aliphatic hydroxyl groups is 1. The van der Waals surface area contributed by atoms with Crippen molar-refractivity contribution in [2.24, 2.45) is 0 Å². The van der Waals surface area contributed by atoms with Crippen molar-refractivity contribution in [3.8, 4) is 17.6 Å². The lowest BCUT2D eigenvalue weighted by Gasteiger charge is -2.09. The predicted molar refractivity (Wildman–Crippen MR) is 70.7 cm³/mol. The lowest BCUT2D eigenvalue weighted by Crippen LogP contribution is -1.98. The van der Waals surface area contributed by atoms with Crippen LogP contribution < -0.4 is 4.74 Å². The quantitative estimate of drug-likeness (QED) is 0.909. The monoisotopic (exact) mass is 254 g/mol. The molecule has 1 N–H and O–H groups in total. The molecule has 0 saturated heterocycles. The summed E-state index contributed by atoms with van der Waals surface area (Å²) in [6.07, 6.45) is 1.60. The van der Waals surface area contributed by atoms with E-state index >= 15 is 0 Å². The maximum atomic E-state index is 9.65. The van der Waals surface area contributed by atoms with Crippen molar-refractivity contribution in [2.75, 3.05) is 0 Å². The highest BCUT2D eigenvalue weighted by atomic mass is 16.5. The molecule has 2 aromatic rings. The number of ether oxygens (including phenoxy) is 1. The van der Waals surface area contributed by atoms with Crippen molar-refractivity contribution in [3.63, 3.8) is 0 Å². The summed E-state index contributed by atoms with van der Waals surface area (Å²) in [4.78, 5) is 4.14. The standard InChI is InChI=1S/C15H14N2O2/c1-2-14(18)13-8-7-12(10-17-13)19-15-6-4-3-5-11(15)9-16/h3-8,10,14,18H,2H2,1H3. The first-order valence-corrected chi connectivity index (χ1v) is 6.05. The molecule has 1 aromatic carbocycles. The van der Waals surface area contributed by atoms with Crippen molar-refractivity contribution in [1.29, 1.82) is 5.26 Å². The molecule has 19 heavy (non-hydrogen) atoms.